The molecule has 0 bridgehead atoms. The number of methoxy groups -OCH3 is 1. The molecule has 0 aliphatic heterocycles. The van der Waals surface area contributed by atoms with Gasteiger partial charge in [0.15, 0.2) is 5.65 Å². The number of benzene rings is 2. The van der Waals surface area contributed by atoms with Gasteiger partial charge >= 0.3 is 0 Å². The predicted molar refractivity (Wildman–Crippen MR) is 115 cm³/mol. The van der Waals surface area contributed by atoms with Crippen molar-refractivity contribution < 1.29 is 13.2 Å². The molecule has 0 fully saturated rings. The van der Waals surface area contributed by atoms with E-state index in [0.717, 1.165) is 16.9 Å². The molecule has 0 N–H and O–H groups in total. The molecule has 2 heterocycles. The van der Waals surface area contributed by atoms with Crippen molar-refractivity contribution in [3.63, 3.8) is 0 Å². The van der Waals surface area contributed by atoms with Crippen LogP contribution in [0.2, 0.25) is 0 Å². The minimum absolute atomic E-state index is 0.173. The van der Waals surface area contributed by atoms with Crippen molar-refractivity contribution in [3.05, 3.63) is 83.8 Å². The summed E-state index contributed by atoms with van der Waals surface area (Å²) in [6.07, 6.45) is 1.56. The Bertz CT molecular complexity index is 1280. The first-order valence-electron chi connectivity index (χ1n) is 9.42. The maximum absolute atomic E-state index is 13.7. The second-order valence-electron chi connectivity index (χ2n) is 7.04. The zero-order chi connectivity index (χ0) is 21.3. The van der Waals surface area contributed by atoms with Gasteiger partial charge in [-0.25, -0.2) is 8.42 Å². The Balaban J connectivity index is 1.79. The van der Waals surface area contributed by atoms with Crippen LogP contribution in [0.5, 0.6) is 5.75 Å². The molecule has 0 atom stereocenters. The van der Waals surface area contributed by atoms with Crippen LogP contribution in [0.15, 0.2) is 71.8 Å². The Morgan fingerprint density at radius 1 is 0.933 bits per heavy atom. The monoisotopic (exact) mass is 422 g/mol. The van der Waals surface area contributed by atoms with Crippen molar-refractivity contribution in [2.24, 2.45) is 0 Å². The molecule has 0 aliphatic rings. The highest BCUT2D eigenvalue weighted by Gasteiger charge is 2.26. The molecule has 7 nitrogen and oxygen atoms in total. The number of rotatable bonds is 6. The van der Waals surface area contributed by atoms with Gasteiger partial charge in [-0.2, -0.15) is 0 Å². The molecule has 4 rings (SSSR count). The highest BCUT2D eigenvalue weighted by Crippen LogP contribution is 2.27. The zero-order valence-corrected chi connectivity index (χ0v) is 17.8. The highest BCUT2D eigenvalue weighted by atomic mass is 32.2. The molecule has 0 aliphatic carbocycles. The number of sulfonamides is 1. The number of nitrogens with zero attached hydrogens (tertiary/aromatic N) is 4. The quantitative estimate of drug-likeness (QED) is 0.473. The van der Waals surface area contributed by atoms with Gasteiger partial charge in [0.05, 0.1) is 19.3 Å². The summed E-state index contributed by atoms with van der Waals surface area (Å²) >= 11 is 0. The highest BCUT2D eigenvalue weighted by molar-refractivity contribution is 7.92. The second-order valence-corrected chi connectivity index (χ2v) is 8.90. The van der Waals surface area contributed by atoms with E-state index in [0.29, 0.717) is 17.2 Å². The number of pyridine rings is 1. The van der Waals surface area contributed by atoms with Crippen molar-refractivity contribution in [1.29, 1.82) is 0 Å². The van der Waals surface area contributed by atoms with Crippen LogP contribution in [0.25, 0.3) is 5.65 Å². The summed E-state index contributed by atoms with van der Waals surface area (Å²) in [5.41, 5.74) is 3.10. The van der Waals surface area contributed by atoms with Gasteiger partial charge in [-0.3, -0.25) is 8.71 Å². The lowest BCUT2D eigenvalue weighted by Crippen LogP contribution is -2.30. The van der Waals surface area contributed by atoms with Crippen LogP contribution in [0, 0.1) is 13.8 Å². The number of ether oxygens (including phenoxy) is 1. The second kappa shape index (κ2) is 7.79. The molecule has 30 heavy (non-hydrogen) atoms. The Hall–Kier alpha value is -3.39. The Morgan fingerprint density at radius 2 is 1.63 bits per heavy atom. The summed E-state index contributed by atoms with van der Waals surface area (Å²) in [6, 6.07) is 18.0. The number of aromatic nitrogens is 3. The fraction of sp³-hybridized carbons (Fsp3) is 0.182. The third-order valence-corrected chi connectivity index (χ3v) is 6.70. The van der Waals surface area contributed by atoms with Crippen LogP contribution in [-0.2, 0) is 16.6 Å². The minimum Gasteiger partial charge on any atom is -0.497 e. The number of fused-ring (bicyclic) bond motifs is 1. The average molecular weight is 423 g/mol. The van der Waals surface area contributed by atoms with Crippen molar-refractivity contribution in [3.8, 4) is 5.75 Å². The molecule has 2 aromatic carbocycles. The molecule has 154 valence electrons. The lowest BCUT2D eigenvalue weighted by molar-refractivity contribution is 0.414. The normalized spacial score (nSPS) is 11.6. The van der Waals surface area contributed by atoms with E-state index in [1.807, 2.05) is 55.5 Å². The van der Waals surface area contributed by atoms with E-state index in [1.54, 1.807) is 36.8 Å². The summed E-state index contributed by atoms with van der Waals surface area (Å²) in [4.78, 5) is 0.173. The molecule has 0 amide bonds. The van der Waals surface area contributed by atoms with Gasteiger partial charge < -0.3 is 4.74 Å². The zero-order valence-electron chi connectivity index (χ0n) is 17.0. The molecule has 0 spiro atoms. The standard InChI is InChI=1S/C22H22N4O3S/c1-16-4-8-19(9-5-16)26(14-18-6-10-20(29-3)11-7-18)30(27,28)21-12-13-22-24-23-17(2)25(22)15-21/h4-13,15H,14H2,1-3H3. The first kappa shape index (κ1) is 19.9. The van der Waals surface area contributed by atoms with Gasteiger partial charge in [0.1, 0.15) is 16.5 Å². The van der Waals surface area contributed by atoms with Crippen molar-refractivity contribution >= 4 is 21.4 Å². The summed E-state index contributed by atoms with van der Waals surface area (Å²) in [5, 5.41) is 8.04. The summed E-state index contributed by atoms with van der Waals surface area (Å²) in [7, 11) is -2.24. The van der Waals surface area contributed by atoms with Crippen LogP contribution in [0.1, 0.15) is 17.0 Å². The van der Waals surface area contributed by atoms with Crippen LogP contribution in [-0.4, -0.2) is 30.1 Å². The maximum atomic E-state index is 13.7. The topological polar surface area (TPSA) is 76.8 Å². The number of hydrogen-bond donors (Lipinski definition) is 0. The van der Waals surface area contributed by atoms with Crippen molar-refractivity contribution in [1.82, 2.24) is 14.6 Å². The molecule has 0 radical (unpaired) electrons. The van der Waals surface area contributed by atoms with Crippen molar-refractivity contribution in [2.45, 2.75) is 25.3 Å². The van der Waals surface area contributed by atoms with E-state index in [9.17, 15) is 8.42 Å². The SMILES string of the molecule is COc1ccc(CN(c2ccc(C)cc2)S(=O)(=O)c2ccc3nnc(C)n3c2)cc1. The molecule has 4 aromatic rings. The predicted octanol–water partition coefficient (Wildman–Crippen LogP) is 3.75. The summed E-state index contributed by atoms with van der Waals surface area (Å²) in [5.74, 6) is 1.34. The van der Waals surface area contributed by atoms with E-state index in [1.165, 1.54) is 4.31 Å². The van der Waals surface area contributed by atoms with Crippen LogP contribution in [0.3, 0.4) is 0 Å². The Morgan fingerprint density at radius 3 is 2.30 bits per heavy atom. The van der Waals surface area contributed by atoms with Crippen molar-refractivity contribution in [2.75, 3.05) is 11.4 Å². The smallest absolute Gasteiger partial charge is 0.266 e. The lowest BCUT2D eigenvalue weighted by atomic mass is 10.2. The van der Waals surface area contributed by atoms with Gasteiger partial charge in [-0.1, -0.05) is 29.8 Å². The Kier molecular flexibility index (Phi) is 5.17. The fourth-order valence-electron chi connectivity index (χ4n) is 3.19. The molecule has 2 aromatic heterocycles. The maximum Gasteiger partial charge on any atom is 0.266 e. The largest absolute Gasteiger partial charge is 0.497 e. The molecule has 0 saturated carbocycles. The van der Waals surface area contributed by atoms with Gasteiger partial charge in [0.2, 0.25) is 0 Å². The van der Waals surface area contributed by atoms with Gasteiger partial charge in [0.25, 0.3) is 10.0 Å². The van der Waals surface area contributed by atoms with E-state index >= 15 is 0 Å². The van der Waals surface area contributed by atoms with Crippen LogP contribution in [0.4, 0.5) is 5.69 Å². The average Bonchev–Trinajstić information content (AvgIpc) is 3.13. The molecular weight excluding hydrogens is 400 g/mol. The third-order valence-electron chi connectivity index (χ3n) is 4.94. The van der Waals surface area contributed by atoms with Gasteiger partial charge in [0, 0.05) is 6.20 Å². The van der Waals surface area contributed by atoms with Crippen LogP contribution >= 0.6 is 0 Å². The van der Waals surface area contributed by atoms with E-state index in [-0.39, 0.29) is 11.4 Å². The first-order valence-corrected chi connectivity index (χ1v) is 10.9. The number of hydrogen-bond acceptors (Lipinski definition) is 5. The number of anilines is 1. The molecule has 8 heteroatoms. The van der Waals surface area contributed by atoms with Crippen LogP contribution < -0.4 is 9.04 Å². The molecule has 0 saturated heterocycles. The van der Waals surface area contributed by atoms with E-state index in [2.05, 4.69) is 10.2 Å². The Labute approximate surface area is 175 Å². The third kappa shape index (κ3) is 3.73. The summed E-state index contributed by atoms with van der Waals surface area (Å²) in [6.45, 7) is 3.94. The summed E-state index contributed by atoms with van der Waals surface area (Å²) < 4.78 is 35.6. The minimum atomic E-state index is -3.84. The molecule has 0 unspecified atom stereocenters. The first-order chi connectivity index (χ1) is 14.4. The van der Waals surface area contributed by atoms with E-state index in [4.69, 9.17) is 4.74 Å². The van der Waals surface area contributed by atoms with Gasteiger partial charge in [-0.15, -0.1) is 10.2 Å². The van der Waals surface area contributed by atoms with E-state index < -0.39 is 10.0 Å². The fourth-order valence-corrected chi connectivity index (χ4v) is 4.64. The molecular formula is C22H22N4O3S. The lowest BCUT2D eigenvalue weighted by Gasteiger charge is -2.25. The number of aryl methyl sites for hydroxylation is 2. The van der Waals surface area contributed by atoms with Gasteiger partial charge in [-0.05, 0) is 55.8 Å².